The van der Waals surface area contributed by atoms with Gasteiger partial charge in [0.15, 0.2) is 0 Å². The van der Waals surface area contributed by atoms with Crippen molar-refractivity contribution in [1.29, 1.82) is 5.26 Å². The molecule has 9 nitrogen and oxygen atoms in total. The molecule has 0 aromatic carbocycles. The largest absolute Gasteiger partial charge is 0.479 e. The van der Waals surface area contributed by atoms with Gasteiger partial charge in [0.25, 0.3) is 5.92 Å². The van der Waals surface area contributed by atoms with Crippen LogP contribution in [0.15, 0.2) is 18.6 Å². The highest BCUT2D eigenvalue weighted by molar-refractivity contribution is 5.94. The number of halogens is 2. The second-order valence-electron chi connectivity index (χ2n) is 7.63. The Morgan fingerprint density at radius 1 is 1.13 bits per heavy atom. The molecule has 1 saturated heterocycles. The number of ether oxygens (including phenoxy) is 2. The molecule has 0 unspecified atom stereocenters. The number of alkyl halides is 2. The van der Waals surface area contributed by atoms with Crippen LogP contribution < -0.4 is 14.4 Å². The first-order valence-corrected chi connectivity index (χ1v) is 9.07. The molecular weight excluding hydrogens is 396 g/mol. The zero-order valence-corrected chi connectivity index (χ0v) is 16.8. The lowest BCUT2D eigenvalue weighted by molar-refractivity contribution is -0.0642. The van der Waals surface area contributed by atoms with Crippen LogP contribution in [0.4, 0.5) is 14.6 Å². The molecule has 1 aliphatic rings. The number of fused-ring (bicyclic) bond motifs is 1. The molecule has 30 heavy (non-hydrogen) atoms. The molecule has 4 heterocycles. The summed E-state index contributed by atoms with van der Waals surface area (Å²) in [5.41, 5.74) is -0.365. The van der Waals surface area contributed by atoms with E-state index in [2.05, 4.69) is 20.1 Å². The lowest BCUT2D eigenvalue weighted by atomic mass is 9.89. The minimum atomic E-state index is -2.92. The standard InChI is InChI=1S/C19H19F2N7O2/c1-18(2)9-27(10-19(18,20)21)16-12-7-23-6-11(5-22)14(12)26-28(16)13-8-24-17(30-4)25-15(13)29-3/h6-8H,9-10H2,1-4H3. The Hall–Kier alpha value is -3.55. The first kappa shape index (κ1) is 19.8. The molecule has 1 fully saturated rings. The molecule has 1 aliphatic heterocycles. The van der Waals surface area contributed by atoms with Crippen LogP contribution in [0.1, 0.15) is 19.4 Å². The summed E-state index contributed by atoms with van der Waals surface area (Å²) in [4.78, 5) is 13.9. The van der Waals surface area contributed by atoms with Crippen molar-refractivity contribution in [2.45, 2.75) is 19.8 Å². The van der Waals surface area contributed by atoms with Crippen LogP contribution in [0.25, 0.3) is 16.6 Å². The van der Waals surface area contributed by atoms with Gasteiger partial charge in [-0.2, -0.15) is 15.3 Å². The summed E-state index contributed by atoms with van der Waals surface area (Å²) >= 11 is 0. The third-order valence-electron chi connectivity index (χ3n) is 5.26. The molecule has 0 spiro atoms. The monoisotopic (exact) mass is 415 g/mol. The third-order valence-corrected chi connectivity index (χ3v) is 5.26. The highest BCUT2D eigenvalue weighted by Crippen LogP contribution is 2.46. The fraction of sp³-hybridized carbons (Fsp3) is 0.421. The smallest absolute Gasteiger partial charge is 0.319 e. The van der Waals surface area contributed by atoms with Crippen LogP contribution in [-0.2, 0) is 0 Å². The molecule has 11 heteroatoms. The average molecular weight is 415 g/mol. The maximum absolute atomic E-state index is 14.7. The minimum Gasteiger partial charge on any atom is -0.479 e. The summed E-state index contributed by atoms with van der Waals surface area (Å²) in [6.07, 6.45) is 4.32. The van der Waals surface area contributed by atoms with Gasteiger partial charge in [0.1, 0.15) is 23.1 Å². The molecule has 4 rings (SSSR count). The highest BCUT2D eigenvalue weighted by atomic mass is 19.3. The van der Waals surface area contributed by atoms with Crippen LogP contribution in [0, 0.1) is 16.7 Å². The van der Waals surface area contributed by atoms with Crippen molar-refractivity contribution in [3.8, 4) is 23.6 Å². The van der Waals surface area contributed by atoms with Crippen molar-refractivity contribution in [2.75, 3.05) is 32.2 Å². The maximum atomic E-state index is 14.7. The number of rotatable bonds is 4. The summed E-state index contributed by atoms with van der Waals surface area (Å²) in [5.74, 6) is -2.41. The molecule has 0 amide bonds. The van der Waals surface area contributed by atoms with Gasteiger partial charge < -0.3 is 14.4 Å². The van der Waals surface area contributed by atoms with E-state index in [1.807, 2.05) is 6.07 Å². The van der Waals surface area contributed by atoms with E-state index in [0.29, 0.717) is 22.4 Å². The third kappa shape index (κ3) is 2.87. The number of methoxy groups -OCH3 is 2. The van der Waals surface area contributed by atoms with Crippen LogP contribution in [0.2, 0.25) is 0 Å². The van der Waals surface area contributed by atoms with Crippen molar-refractivity contribution in [3.05, 3.63) is 24.2 Å². The Labute approximate surface area is 170 Å². The second-order valence-corrected chi connectivity index (χ2v) is 7.63. The van der Waals surface area contributed by atoms with Gasteiger partial charge in [0.2, 0.25) is 5.88 Å². The average Bonchev–Trinajstić information content (AvgIpc) is 3.20. The number of nitriles is 1. The number of anilines is 1. The van der Waals surface area contributed by atoms with E-state index in [0.717, 1.165) is 0 Å². The quantitative estimate of drug-likeness (QED) is 0.641. The van der Waals surface area contributed by atoms with Crippen LogP contribution >= 0.6 is 0 Å². The molecule has 0 saturated carbocycles. The van der Waals surface area contributed by atoms with Gasteiger partial charge in [-0.15, -0.1) is 0 Å². The van der Waals surface area contributed by atoms with Gasteiger partial charge in [-0.1, -0.05) is 13.8 Å². The number of hydrogen-bond acceptors (Lipinski definition) is 8. The van der Waals surface area contributed by atoms with Gasteiger partial charge in [-0.3, -0.25) is 4.98 Å². The summed E-state index contributed by atoms with van der Waals surface area (Å²) in [5, 5.41) is 14.5. The molecule has 156 valence electrons. The van der Waals surface area contributed by atoms with Crippen LogP contribution in [0.3, 0.4) is 0 Å². The van der Waals surface area contributed by atoms with E-state index in [-0.39, 0.29) is 24.0 Å². The Morgan fingerprint density at radius 2 is 1.90 bits per heavy atom. The molecule has 3 aromatic rings. The Balaban J connectivity index is 2.00. The number of aromatic nitrogens is 5. The van der Waals surface area contributed by atoms with Gasteiger partial charge in [-0.05, 0) is 0 Å². The van der Waals surface area contributed by atoms with Gasteiger partial charge in [-0.25, -0.2) is 18.4 Å². The van der Waals surface area contributed by atoms with Gasteiger partial charge in [0, 0.05) is 24.4 Å². The molecule has 0 radical (unpaired) electrons. The predicted molar refractivity (Wildman–Crippen MR) is 103 cm³/mol. The van der Waals surface area contributed by atoms with Gasteiger partial charge >= 0.3 is 6.01 Å². The van der Waals surface area contributed by atoms with E-state index >= 15 is 0 Å². The summed E-state index contributed by atoms with van der Waals surface area (Å²) in [6.45, 7) is 2.62. The van der Waals surface area contributed by atoms with Crippen molar-refractivity contribution < 1.29 is 18.3 Å². The lowest BCUT2D eigenvalue weighted by Crippen LogP contribution is -2.34. The minimum absolute atomic E-state index is 0.0803. The van der Waals surface area contributed by atoms with Crippen molar-refractivity contribution in [2.24, 2.45) is 5.41 Å². The molecule has 3 aromatic heterocycles. The lowest BCUT2D eigenvalue weighted by Gasteiger charge is -2.24. The fourth-order valence-electron chi connectivity index (χ4n) is 3.53. The SMILES string of the molecule is COc1ncc(-n2nc3c(C#N)cncc3c2N2CC(C)(C)C(F)(F)C2)c(OC)n1. The van der Waals surface area contributed by atoms with E-state index < -0.39 is 17.9 Å². The van der Waals surface area contributed by atoms with Crippen LogP contribution in [0.5, 0.6) is 11.9 Å². The summed E-state index contributed by atoms with van der Waals surface area (Å²) < 4.78 is 41.2. The topological polar surface area (TPSA) is 102 Å². The molecule has 0 bridgehead atoms. The second kappa shape index (κ2) is 6.76. The van der Waals surface area contributed by atoms with Crippen molar-refractivity contribution >= 4 is 16.7 Å². The molecule has 0 N–H and O–H groups in total. The molecule has 0 aliphatic carbocycles. The zero-order chi connectivity index (χ0) is 21.7. The van der Waals surface area contributed by atoms with Crippen molar-refractivity contribution in [1.82, 2.24) is 24.7 Å². The fourth-order valence-corrected chi connectivity index (χ4v) is 3.53. The van der Waals surface area contributed by atoms with Crippen LogP contribution in [-0.4, -0.2) is 58.0 Å². The Morgan fingerprint density at radius 3 is 2.50 bits per heavy atom. The Bertz CT molecular complexity index is 1150. The van der Waals surface area contributed by atoms with E-state index in [1.165, 1.54) is 51.3 Å². The maximum Gasteiger partial charge on any atom is 0.319 e. The predicted octanol–water partition coefficient (Wildman–Crippen LogP) is 2.58. The molecular formula is C19H19F2N7O2. The van der Waals surface area contributed by atoms with E-state index in [4.69, 9.17) is 9.47 Å². The number of pyridine rings is 1. The normalized spacial score (nSPS) is 17.2. The van der Waals surface area contributed by atoms with Gasteiger partial charge in [0.05, 0.1) is 37.9 Å². The highest BCUT2D eigenvalue weighted by Gasteiger charge is 2.55. The Kier molecular flexibility index (Phi) is 4.45. The van der Waals surface area contributed by atoms with E-state index in [9.17, 15) is 14.0 Å². The number of nitrogens with zero attached hydrogens (tertiary/aromatic N) is 7. The number of hydrogen-bond donors (Lipinski definition) is 0. The molecule has 0 atom stereocenters. The first-order valence-electron chi connectivity index (χ1n) is 9.07. The zero-order valence-electron chi connectivity index (χ0n) is 16.8. The van der Waals surface area contributed by atoms with E-state index in [1.54, 1.807) is 4.90 Å². The summed E-state index contributed by atoms with van der Waals surface area (Å²) in [6, 6.07) is 2.13. The first-order chi connectivity index (χ1) is 14.2. The van der Waals surface area contributed by atoms with Crippen molar-refractivity contribution in [3.63, 3.8) is 0 Å². The summed E-state index contributed by atoms with van der Waals surface area (Å²) in [7, 11) is 2.84.